The molecule has 0 radical (unpaired) electrons. The van der Waals surface area contributed by atoms with E-state index in [4.69, 9.17) is 11.6 Å². The predicted molar refractivity (Wildman–Crippen MR) is 83.0 cm³/mol. The van der Waals surface area contributed by atoms with Gasteiger partial charge in [0.2, 0.25) is 0 Å². The van der Waals surface area contributed by atoms with Gasteiger partial charge in [0.25, 0.3) is 0 Å². The molecule has 1 atom stereocenters. The predicted octanol–water partition coefficient (Wildman–Crippen LogP) is 3.59. The summed E-state index contributed by atoms with van der Waals surface area (Å²) in [5.41, 5.74) is 0.485. The molecule has 1 aliphatic heterocycles. The van der Waals surface area contributed by atoms with Gasteiger partial charge >= 0.3 is 0 Å². The normalized spacial score (nSPS) is 29.6. The van der Waals surface area contributed by atoms with Crippen molar-refractivity contribution in [2.45, 2.75) is 38.7 Å². The van der Waals surface area contributed by atoms with E-state index in [9.17, 15) is 9.50 Å². The lowest BCUT2D eigenvalue weighted by Crippen LogP contribution is -2.49. The van der Waals surface area contributed by atoms with Crippen LogP contribution in [0.15, 0.2) is 12.1 Å². The van der Waals surface area contributed by atoms with E-state index >= 15 is 0 Å². The van der Waals surface area contributed by atoms with Crippen molar-refractivity contribution in [1.82, 2.24) is 4.90 Å². The van der Waals surface area contributed by atoms with Crippen molar-refractivity contribution in [2.24, 2.45) is 11.3 Å². The molecule has 21 heavy (non-hydrogen) atoms. The number of nitrogens with zero attached hydrogens (tertiary/aromatic N) is 1. The second kappa shape index (κ2) is 4.94. The molecule has 1 unspecified atom stereocenters. The number of fused-ring (bicyclic) bond motifs is 1. The van der Waals surface area contributed by atoms with Gasteiger partial charge in [-0.15, -0.1) is 0 Å². The van der Waals surface area contributed by atoms with Gasteiger partial charge in [0, 0.05) is 5.41 Å². The molecule has 3 rings (SSSR count). The van der Waals surface area contributed by atoms with Crippen LogP contribution >= 0.6 is 11.6 Å². The molecule has 1 aromatic carbocycles. The molecule has 4 heteroatoms. The third-order valence-corrected chi connectivity index (χ3v) is 5.82. The molecule has 0 aromatic heterocycles. The highest BCUT2D eigenvalue weighted by Gasteiger charge is 2.55. The third kappa shape index (κ3) is 2.21. The Balaban J connectivity index is 2.06. The van der Waals surface area contributed by atoms with Gasteiger partial charge < -0.3 is 10.0 Å². The molecular formula is C17H23ClFNO. The van der Waals surface area contributed by atoms with Crippen molar-refractivity contribution in [3.63, 3.8) is 0 Å². The second-order valence-corrected chi connectivity index (χ2v) is 7.74. The van der Waals surface area contributed by atoms with Crippen LogP contribution in [0.5, 0.6) is 0 Å². The maximum atomic E-state index is 13.9. The Morgan fingerprint density at radius 2 is 1.90 bits per heavy atom. The number of likely N-dealkylation sites (tertiary alicyclic amines) is 1. The van der Waals surface area contributed by atoms with Gasteiger partial charge in [-0.25, -0.2) is 4.39 Å². The summed E-state index contributed by atoms with van der Waals surface area (Å²) in [5.74, 6) is -0.259. The Labute approximate surface area is 130 Å². The van der Waals surface area contributed by atoms with Crippen LogP contribution < -0.4 is 0 Å². The van der Waals surface area contributed by atoms with E-state index < -0.39 is 11.4 Å². The van der Waals surface area contributed by atoms with Crippen LogP contribution in [0.3, 0.4) is 0 Å². The van der Waals surface area contributed by atoms with Crippen molar-refractivity contribution < 1.29 is 9.50 Å². The van der Waals surface area contributed by atoms with Crippen molar-refractivity contribution >= 4 is 11.6 Å². The number of benzene rings is 1. The van der Waals surface area contributed by atoms with E-state index in [1.165, 1.54) is 6.07 Å². The van der Waals surface area contributed by atoms with Crippen LogP contribution in [-0.2, 0) is 12.0 Å². The van der Waals surface area contributed by atoms with Gasteiger partial charge in [0.15, 0.2) is 0 Å². The first kappa shape index (κ1) is 15.3. The Hall–Kier alpha value is -0.640. The lowest BCUT2D eigenvalue weighted by atomic mass is 9.65. The number of rotatable bonds is 1. The molecule has 1 aromatic rings. The maximum Gasteiger partial charge on any atom is 0.142 e. The van der Waals surface area contributed by atoms with Gasteiger partial charge in [0.05, 0.1) is 10.6 Å². The topological polar surface area (TPSA) is 23.5 Å². The molecule has 1 fully saturated rings. The van der Waals surface area contributed by atoms with Crippen LogP contribution in [0.4, 0.5) is 4.39 Å². The van der Waals surface area contributed by atoms with Gasteiger partial charge in [-0.05, 0) is 68.6 Å². The fraction of sp³-hybridized carbons (Fsp3) is 0.647. The first-order chi connectivity index (χ1) is 9.75. The molecule has 1 aliphatic carbocycles. The smallest absolute Gasteiger partial charge is 0.142 e. The highest BCUT2D eigenvalue weighted by molar-refractivity contribution is 6.30. The summed E-state index contributed by atoms with van der Waals surface area (Å²) in [4.78, 5) is 2.28. The second-order valence-electron chi connectivity index (χ2n) is 7.33. The van der Waals surface area contributed by atoms with E-state index in [1.54, 1.807) is 6.07 Å². The Bertz CT molecular complexity index is 566. The van der Waals surface area contributed by atoms with Crippen LogP contribution in [0.25, 0.3) is 0 Å². The van der Waals surface area contributed by atoms with Crippen molar-refractivity contribution in [3.8, 4) is 0 Å². The number of halogens is 2. The van der Waals surface area contributed by atoms with E-state index in [0.717, 1.165) is 43.5 Å². The summed E-state index contributed by atoms with van der Waals surface area (Å²) in [6, 6.07) is 3.16. The first-order valence-corrected chi connectivity index (χ1v) is 8.03. The van der Waals surface area contributed by atoms with Gasteiger partial charge in [-0.2, -0.15) is 0 Å². The molecule has 0 bridgehead atoms. The quantitative estimate of drug-likeness (QED) is 0.857. The van der Waals surface area contributed by atoms with E-state index in [2.05, 4.69) is 25.8 Å². The SMILES string of the molecule is CN1CCC(C2(O)c3cc(F)c(Cl)cc3CC2(C)C)CC1. The maximum absolute atomic E-state index is 13.9. The Morgan fingerprint density at radius 1 is 1.29 bits per heavy atom. The molecule has 1 N–H and O–H groups in total. The minimum absolute atomic E-state index is 0.150. The molecule has 2 nitrogen and oxygen atoms in total. The zero-order valence-electron chi connectivity index (χ0n) is 12.9. The van der Waals surface area contributed by atoms with E-state index in [1.807, 2.05) is 0 Å². The largest absolute Gasteiger partial charge is 0.384 e. The van der Waals surface area contributed by atoms with Gasteiger partial charge in [0.1, 0.15) is 5.82 Å². The zero-order valence-corrected chi connectivity index (χ0v) is 13.7. The van der Waals surface area contributed by atoms with Crippen molar-refractivity contribution in [2.75, 3.05) is 20.1 Å². The van der Waals surface area contributed by atoms with Gasteiger partial charge in [-0.1, -0.05) is 25.4 Å². The summed E-state index contributed by atoms with van der Waals surface area (Å²) in [5, 5.41) is 11.7. The number of aliphatic hydroxyl groups is 1. The average Bonchev–Trinajstić information content (AvgIpc) is 2.60. The lowest BCUT2D eigenvalue weighted by molar-refractivity contribution is -0.121. The molecular weight excluding hydrogens is 289 g/mol. The molecule has 0 amide bonds. The minimum Gasteiger partial charge on any atom is -0.384 e. The molecule has 0 saturated carbocycles. The van der Waals surface area contributed by atoms with Gasteiger partial charge in [-0.3, -0.25) is 0 Å². The number of hydrogen-bond donors (Lipinski definition) is 1. The monoisotopic (exact) mass is 311 g/mol. The summed E-state index contributed by atoms with van der Waals surface area (Å²) >= 11 is 5.92. The van der Waals surface area contributed by atoms with Crippen molar-refractivity contribution in [3.05, 3.63) is 34.1 Å². The van der Waals surface area contributed by atoms with Crippen LogP contribution in [0.1, 0.15) is 37.8 Å². The van der Waals surface area contributed by atoms with Crippen molar-refractivity contribution in [1.29, 1.82) is 0 Å². The summed E-state index contributed by atoms with van der Waals surface area (Å²) < 4.78 is 13.9. The summed E-state index contributed by atoms with van der Waals surface area (Å²) in [6.07, 6.45) is 2.63. The zero-order chi connectivity index (χ0) is 15.4. The standard InChI is InChI=1S/C17H23ClFNO/c1-16(2)10-11-8-14(18)15(19)9-13(11)17(16,21)12-4-6-20(3)7-5-12/h8-9,12,21H,4-7,10H2,1-3H3. The molecule has 0 spiro atoms. The van der Waals surface area contributed by atoms with E-state index in [-0.39, 0.29) is 16.4 Å². The number of piperidine rings is 1. The highest BCUT2D eigenvalue weighted by atomic mass is 35.5. The minimum atomic E-state index is -0.963. The molecule has 116 valence electrons. The van der Waals surface area contributed by atoms with Crippen LogP contribution in [0.2, 0.25) is 5.02 Å². The first-order valence-electron chi connectivity index (χ1n) is 7.65. The molecule has 1 saturated heterocycles. The Kier molecular flexibility index (Phi) is 3.59. The highest BCUT2D eigenvalue weighted by Crippen LogP contribution is 2.56. The fourth-order valence-corrected chi connectivity index (χ4v) is 4.45. The Morgan fingerprint density at radius 3 is 2.52 bits per heavy atom. The summed E-state index contributed by atoms with van der Waals surface area (Å²) in [6.45, 7) is 6.12. The number of hydrogen-bond acceptors (Lipinski definition) is 2. The van der Waals surface area contributed by atoms with Crippen LogP contribution in [0, 0.1) is 17.2 Å². The van der Waals surface area contributed by atoms with E-state index in [0.29, 0.717) is 0 Å². The third-order valence-electron chi connectivity index (χ3n) is 5.53. The fourth-order valence-electron chi connectivity index (χ4n) is 4.26. The molecule has 1 heterocycles. The average molecular weight is 312 g/mol. The molecule has 2 aliphatic rings. The lowest BCUT2D eigenvalue weighted by Gasteiger charge is -2.46. The van der Waals surface area contributed by atoms with Crippen LogP contribution in [-0.4, -0.2) is 30.1 Å². The summed E-state index contributed by atoms with van der Waals surface area (Å²) in [7, 11) is 2.10.